The predicted molar refractivity (Wildman–Crippen MR) is 85.6 cm³/mol. The largest absolute Gasteiger partial charge is 0.465 e. The van der Waals surface area contributed by atoms with E-state index >= 15 is 0 Å². The number of esters is 1. The number of furan rings is 1. The van der Waals surface area contributed by atoms with Crippen LogP contribution in [0.1, 0.15) is 12.7 Å². The third-order valence-corrected chi connectivity index (χ3v) is 4.23. The van der Waals surface area contributed by atoms with Crippen molar-refractivity contribution in [1.29, 1.82) is 0 Å². The smallest absolute Gasteiger partial charge is 0.323 e. The van der Waals surface area contributed by atoms with Crippen LogP contribution in [0.3, 0.4) is 0 Å². The molecular formula is C16H16N2O3S. The molecule has 0 spiro atoms. The SMILES string of the molecule is CCOC(=O)C(N)Cc1ccc(-c2nc3ccccc3s2)o1. The zero-order valence-corrected chi connectivity index (χ0v) is 12.9. The van der Waals surface area contributed by atoms with E-state index in [2.05, 4.69) is 4.98 Å². The second-order valence-corrected chi connectivity index (χ2v) is 5.85. The number of thiazole rings is 1. The zero-order chi connectivity index (χ0) is 15.5. The highest BCUT2D eigenvalue weighted by atomic mass is 32.1. The number of nitrogens with zero attached hydrogens (tertiary/aromatic N) is 1. The van der Waals surface area contributed by atoms with Crippen LogP contribution < -0.4 is 5.73 Å². The van der Waals surface area contributed by atoms with Crippen molar-refractivity contribution >= 4 is 27.5 Å². The standard InChI is InChI=1S/C16H16N2O3S/c1-2-20-16(19)11(17)9-10-7-8-13(21-10)15-18-12-5-3-4-6-14(12)22-15/h3-8,11H,2,9,17H2,1H3. The van der Waals surface area contributed by atoms with E-state index in [1.807, 2.05) is 36.4 Å². The lowest BCUT2D eigenvalue weighted by atomic mass is 10.2. The molecule has 0 saturated heterocycles. The molecule has 1 unspecified atom stereocenters. The summed E-state index contributed by atoms with van der Waals surface area (Å²) in [4.78, 5) is 16.1. The number of carbonyl (C=O) groups is 1. The van der Waals surface area contributed by atoms with Crippen LogP contribution >= 0.6 is 11.3 Å². The van der Waals surface area contributed by atoms with Crippen molar-refractivity contribution in [1.82, 2.24) is 4.98 Å². The van der Waals surface area contributed by atoms with Crippen LogP contribution in [-0.4, -0.2) is 23.6 Å². The number of fused-ring (bicyclic) bond motifs is 1. The van der Waals surface area contributed by atoms with Crippen molar-refractivity contribution in [2.45, 2.75) is 19.4 Å². The quantitative estimate of drug-likeness (QED) is 0.732. The van der Waals surface area contributed by atoms with Crippen LogP contribution in [0.25, 0.3) is 21.0 Å². The molecule has 5 nitrogen and oxygen atoms in total. The second-order valence-electron chi connectivity index (χ2n) is 4.82. The fourth-order valence-corrected chi connectivity index (χ4v) is 3.06. The van der Waals surface area contributed by atoms with Gasteiger partial charge in [0.25, 0.3) is 0 Å². The van der Waals surface area contributed by atoms with E-state index in [-0.39, 0.29) is 0 Å². The van der Waals surface area contributed by atoms with Crippen molar-refractivity contribution in [3.8, 4) is 10.8 Å². The number of carbonyl (C=O) groups excluding carboxylic acids is 1. The first-order chi connectivity index (χ1) is 10.7. The lowest BCUT2D eigenvalue weighted by molar-refractivity contribution is -0.144. The molecule has 114 valence electrons. The lowest BCUT2D eigenvalue weighted by Crippen LogP contribution is -2.34. The molecule has 1 atom stereocenters. The molecule has 2 aromatic heterocycles. The average Bonchev–Trinajstić information content (AvgIpc) is 3.13. The summed E-state index contributed by atoms with van der Waals surface area (Å²) < 4.78 is 11.8. The van der Waals surface area contributed by atoms with Crippen LogP contribution in [0, 0.1) is 0 Å². The molecule has 3 aromatic rings. The van der Waals surface area contributed by atoms with Gasteiger partial charge in [-0.15, -0.1) is 11.3 Å². The monoisotopic (exact) mass is 316 g/mol. The number of para-hydroxylation sites is 1. The Bertz CT molecular complexity index is 760. The first kappa shape index (κ1) is 14.7. The Kier molecular flexibility index (Phi) is 4.22. The molecule has 0 saturated carbocycles. The summed E-state index contributed by atoms with van der Waals surface area (Å²) in [5, 5.41) is 0.817. The molecule has 0 aliphatic heterocycles. The number of benzene rings is 1. The Hall–Kier alpha value is -2.18. The van der Waals surface area contributed by atoms with Gasteiger partial charge in [-0.05, 0) is 31.2 Å². The molecule has 2 N–H and O–H groups in total. The minimum absolute atomic E-state index is 0.309. The molecule has 0 amide bonds. The van der Waals surface area contributed by atoms with Gasteiger partial charge in [0.05, 0.1) is 16.8 Å². The summed E-state index contributed by atoms with van der Waals surface area (Å²) in [5.74, 6) is 0.919. The van der Waals surface area contributed by atoms with Gasteiger partial charge in [-0.1, -0.05) is 12.1 Å². The van der Waals surface area contributed by atoms with E-state index in [9.17, 15) is 4.79 Å². The Morgan fingerprint density at radius 1 is 1.36 bits per heavy atom. The summed E-state index contributed by atoms with van der Waals surface area (Å²) >= 11 is 1.57. The van der Waals surface area contributed by atoms with Gasteiger partial charge in [0.1, 0.15) is 11.8 Å². The summed E-state index contributed by atoms with van der Waals surface area (Å²) in [6, 6.07) is 10.9. The summed E-state index contributed by atoms with van der Waals surface area (Å²) in [5.41, 5.74) is 6.74. The highest BCUT2D eigenvalue weighted by molar-refractivity contribution is 7.21. The molecule has 0 aliphatic carbocycles. The van der Waals surface area contributed by atoms with Gasteiger partial charge in [-0.3, -0.25) is 4.79 Å². The maximum Gasteiger partial charge on any atom is 0.323 e. The molecule has 3 rings (SSSR count). The van der Waals surface area contributed by atoms with Crippen molar-refractivity contribution < 1.29 is 13.9 Å². The Morgan fingerprint density at radius 2 is 2.18 bits per heavy atom. The third-order valence-electron chi connectivity index (χ3n) is 3.18. The van der Waals surface area contributed by atoms with Gasteiger partial charge >= 0.3 is 5.97 Å². The number of hydrogen-bond donors (Lipinski definition) is 1. The fourth-order valence-electron chi connectivity index (χ4n) is 2.13. The van der Waals surface area contributed by atoms with Crippen LogP contribution in [-0.2, 0) is 16.0 Å². The van der Waals surface area contributed by atoms with Crippen LogP contribution in [0.15, 0.2) is 40.8 Å². The van der Waals surface area contributed by atoms with Crippen molar-refractivity contribution in [2.24, 2.45) is 5.73 Å². The molecule has 0 radical (unpaired) electrons. The average molecular weight is 316 g/mol. The third kappa shape index (κ3) is 3.03. The maximum absolute atomic E-state index is 11.5. The van der Waals surface area contributed by atoms with Gasteiger partial charge in [-0.2, -0.15) is 0 Å². The summed E-state index contributed by atoms with van der Waals surface area (Å²) in [6.07, 6.45) is 0.309. The molecule has 0 fully saturated rings. The van der Waals surface area contributed by atoms with E-state index < -0.39 is 12.0 Å². The van der Waals surface area contributed by atoms with Gasteiger partial charge in [0.15, 0.2) is 10.8 Å². The highest BCUT2D eigenvalue weighted by Crippen LogP contribution is 2.31. The van der Waals surface area contributed by atoms with E-state index in [0.717, 1.165) is 15.2 Å². The molecule has 22 heavy (non-hydrogen) atoms. The molecule has 2 heterocycles. The number of rotatable bonds is 5. The van der Waals surface area contributed by atoms with Gasteiger partial charge in [0, 0.05) is 6.42 Å². The number of nitrogens with two attached hydrogens (primary N) is 1. The predicted octanol–water partition coefficient (Wildman–Crippen LogP) is 2.99. The van der Waals surface area contributed by atoms with Crippen LogP contribution in [0.5, 0.6) is 0 Å². The zero-order valence-electron chi connectivity index (χ0n) is 12.1. The minimum Gasteiger partial charge on any atom is -0.465 e. The summed E-state index contributed by atoms with van der Waals surface area (Å²) in [6.45, 7) is 2.07. The maximum atomic E-state index is 11.5. The highest BCUT2D eigenvalue weighted by Gasteiger charge is 2.18. The summed E-state index contributed by atoms with van der Waals surface area (Å²) in [7, 11) is 0. The Labute approximate surface area is 131 Å². The first-order valence-corrected chi connectivity index (χ1v) is 7.86. The van der Waals surface area contributed by atoms with Gasteiger partial charge in [-0.25, -0.2) is 4.98 Å². The second kappa shape index (κ2) is 6.29. The molecular weight excluding hydrogens is 300 g/mol. The van der Waals surface area contributed by atoms with Crippen molar-refractivity contribution in [3.63, 3.8) is 0 Å². The van der Waals surface area contributed by atoms with Crippen LogP contribution in [0.2, 0.25) is 0 Å². The number of ether oxygens (including phenoxy) is 1. The Balaban J connectivity index is 1.77. The van der Waals surface area contributed by atoms with E-state index in [1.54, 1.807) is 18.3 Å². The molecule has 1 aromatic carbocycles. The molecule has 6 heteroatoms. The molecule has 0 bridgehead atoms. The van der Waals surface area contributed by atoms with Crippen LogP contribution in [0.4, 0.5) is 0 Å². The van der Waals surface area contributed by atoms with Gasteiger partial charge in [0.2, 0.25) is 0 Å². The fraction of sp³-hybridized carbons (Fsp3) is 0.250. The molecule has 0 aliphatic rings. The Morgan fingerprint density at radius 3 is 2.95 bits per heavy atom. The first-order valence-electron chi connectivity index (χ1n) is 7.04. The van der Waals surface area contributed by atoms with Crippen molar-refractivity contribution in [2.75, 3.05) is 6.61 Å². The number of hydrogen-bond acceptors (Lipinski definition) is 6. The van der Waals surface area contributed by atoms with Crippen molar-refractivity contribution in [3.05, 3.63) is 42.2 Å². The van der Waals surface area contributed by atoms with E-state index in [0.29, 0.717) is 24.5 Å². The number of aromatic nitrogens is 1. The lowest BCUT2D eigenvalue weighted by Gasteiger charge is -2.08. The minimum atomic E-state index is -0.714. The van der Waals surface area contributed by atoms with Gasteiger partial charge < -0.3 is 14.9 Å². The normalized spacial score (nSPS) is 12.5. The topological polar surface area (TPSA) is 78.4 Å². The van der Waals surface area contributed by atoms with E-state index in [4.69, 9.17) is 14.9 Å². The van der Waals surface area contributed by atoms with E-state index in [1.165, 1.54) is 0 Å².